The molecule has 2 heteroatoms. The average molecular weight is 130 g/mol. The molecule has 0 aromatic heterocycles. The monoisotopic (exact) mass is 130 g/mol. The Labute approximate surface area is 54.3 Å². The van der Waals surface area contributed by atoms with Gasteiger partial charge in [0.25, 0.3) is 0 Å². The Kier molecular flexibility index (Phi) is 1.38. The first-order chi connectivity index (χ1) is 3.54. The van der Waals surface area contributed by atoms with Crippen LogP contribution in [0.3, 0.4) is 0 Å². The van der Waals surface area contributed by atoms with Gasteiger partial charge in [-0.1, -0.05) is 13.7 Å². The predicted octanol–water partition coefficient (Wildman–Crippen LogP) is 2.08. The fourth-order valence-corrected chi connectivity index (χ4v) is 4.41. The molecular weight excluding hydrogens is 115 g/mol. The molecule has 0 aromatic rings. The maximum Gasteiger partial charge on any atom is 0.190 e. The molecule has 1 rings (SSSR count). The highest BCUT2D eigenvalue weighted by Gasteiger charge is 2.40. The van der Waals surface area contributed by atoms with E-state index in [9.17, 15) is 0 Å². The van der Waals surface area contributed by atoms with E-state index >= 15 is 0 Å². The van der Waals surface area contributed by atoms with Crippen LogP contribution in [0.4, 0.5) is 0 Å². The van der Waals surface area contributed by atoms with Crippen LogP contribution in [-0.4, -0.2) is 24.3 Å². The second kappa shape index (κ2) is 1.70. The van der Waals surface area contributed by atoms with Crippen molar-refractivity contribution in [1.82, 2.24) is 0 Å². The molecule has 0 N–H and O–H groups in total. The third-order valence-corrected chi connectivity index (χ3v) is 6.36. The first-order valence-electron chi connectivity index (χ1n) is 3.24. The maximum atomic E-state index is 2.44. The van der Waals surface area contributed by atoms with Gasteiger partial charge < -0.3 is 0 Å². The number of rotatable bonds is 0. The summed E-state index contributed by atoms with van der Waals surface area (Å²) >= 11 is 0. The zero-order chi connectivity index (χ0) is 6.36. The van der Waals surface area contributed by atoms with Crippen molar-refractivity contribution in [2.45, 2.75) is 19.6 Å². The summed E-state index contributed by atoms with van der Waals surface area (Å²) in [5.74, 6) is 3.55. The highest BCUT2D eigenvalue weighted by molar-refractivity contribution is 8.55. The van der Waals surface area contributed by atoms with Gasteiger partial charge in [-0.3, -0.25) is 9.88 Å². The van der Waals surface area contributed by atoms with E-state index in [1.54, 1.807) is 0 Å². The summed E-state index contributed by atoms with van der Waals surface area (Å²) in [5.41, 5.74) is 0. The lowest BCUT2D eigenvalue weighted by molar-refractivity contribution is 1.04. The Morgan fingerprint density at radius 3 is 2.00 bits per heavy atom. The van der Waals surface area contributed by atoms with Crippen LogP contribution in [0.15, 0.2) is 0 Å². The summed E-state index contributed by atoms with van der Waals surface area (Å²) in [6, 6.07) is 0. The van der Waals surface area contributed by atoms with Gasteiger partial charge in [0.05, 0.1) is 0 Å². The van der Waals surface area contributed by atoms with E-state index in [-0.39, 0.29) is 9.88 Å². The molecule has 1 heterocycles. The van der Waals surface area contributed by atoms with E-state index < -0.39 is 0 Å². The van der Waals surface area contributed by atoms with Crippen molar-refractivity contribution in [1.29, 1.82) is 0 Å². The quantitative estimate of drug-likeness (QED) is 0.440. The molecule has 0 aromatic carbocycles. The molecule has 48 valence electrons. The zero-order valence-electron chi connectivity index (χ0n) is 6.27. The maximum absolute atomic E-state index is 2.44. The zero-order valence-corrected chi connectivity index (χ0v) is 7.09. The summed E-state index contributed by atoms with van der Waals surface area (Å²) < 4.78 is 0. The molecule has 1 atom stereocenters. The molecule has 0 aliphatic carbocycles. The normalized spacial score (nSPS) is 38.5. The second-order valence-corrected chi connectivity index (χ2v) is 7.80. The fourth-order valence-electron chi connectivity index (χ4n) is 1.47. The van der Waals surface area contributed by atoms with Gasteiger partial charge in [0.2, 0.25) is 0 Å². The van der Waals surface area contributed by atoms with E-state index in [0.717, 1.165) is 11.8 Å². The summed E-state index contributed by atoms with van der Waals surface area (Å²) in [6.07, 6.45) is 4.88. The molecule has 0 amide bonds. The van der Waals surface area contributed by atoms with Crippen LogP contribution in [0.1, 0.15) is 6.92 Å². The highest BCUT2D eigenvalue weighted by atomic mass is 32.3. The first-order valence-corrected chi connectivity index (χ1v) is 5.92. The van der Waals surface area contributed by atoms with E-state index in [0.29, 0.717) is 0 Å². The van der Waals surface area contributed by atoms with Gasteiger partial charge in [-0.2, -0.15) is 0 Å². The van der Waals surface area contributed by atoms with Gasteiger partial charge in [-0.15, -0.1) is 0 Å². The third-order valence-electron chi connectivity index (χ3n) is 2.50. The van der Waals surface area contributed by atoms with Crippen LogP contribution in [0, 0.1) is 0 Å². The van der Waals surface area contributed by atoms with Gasteiger partial charge >= 0.3 is 0 Å². The lowest BCUT2D eigenvalue weighted by Gasteiger charge is -2.51. The van der Waals surface area contributed by atoms with Gasteiger partial charge in [0.1, 0.15) is 0 Å². The van der Waals surface area contributed by atoms with Crippen LogP contribution in [0.5, 0.6) is 0 Å². The van der Waals surface area contributed by atoms with Crippen molar-refractivity contribution in [2.24, 2.45) is 0 Å². The van der Waals surface area contributed by atoms with Gasteiger partial charge in [0.15, 0.2) is 5.99 Å². The summed E-state index contributed by atoms with van der Waals surface area (Å²) in [5, 5.41) is 0. The molecule has 1 unspecified atom stereocenters. The number of hydrogen-bond acceptors (Lipinski definition) is 0. The first kappa shape index (κ1) is 6.53. The Balaban J connectivity index is 2.47. The molecule has 0 bridgehead atoms. The van der Waals surface area contributed by atoms with Crippen molar-refractivity contribution in [3.8, 4) is 0 Å². The minimum Gasteiger partial charge on any atom is -0.276 e. The highest BCUT2D eigenvalue weighted by Crippen LogP contribution is 2.59. The van der Waals surface area contributed by atoms with E-state index in [1.165, 1.54) is 5.75 Å². The van der Waals surface area contributed by atoms with Crippen molar-refractivity contribution in [3.63, 3.8) is 0 Å². The lowest BCUT2D eigenvalue weighted by Crippen LogP contribution is -2.38. The summed E-state index contributed by atoms with van der Waals surface area (Å²) in [7, 11) is -0.109. The smallest absolute Gasteiger partial charge is 0.190 e. The van der Waals surface area contributed by atoms with Crippen molar-refractivity contribution >= 4 is 15.9 Å². The van der Waals surface area contributed by atoms with Gasteiger partial charge in [0, 0.05) is 0 Å². The predicted molar refractivity (Wildman–Crippen MR) is 45.3 cm³/mol. The molecule has 0 radical (unpaired) electrons. The average Bonchev–Trinajstić information content (AvgIpc) is 1.65. The van der Waals surface area contributed by atoms with Crippen molar-refractivity contribution < 1.29 is 0 Å². The van der Waals surface area contributed by atoms with Crippen LogP contribution in [0.2, 0.25) is 12.6 Å². The fraction of sp³-hybridized carbons (Fsp3) is 1.00. The summed E-state index contributed by atoms with van der Waals surface area (Å²) in [4.78, 5) is 0. The molecule has 0 nitrogen and oxygen atoms in total. The lowest BCUT2D eigenvalue weighted by atomic mass is 9.65. The molecule has 1 aliphatic heterocycles. The van der Waals surface area contributed by atoms with Crippen LogP contribution >= 0.6 is 9.88 Å². The number of hydrogen-bond donors (Lipinski definition) is 0. The van der Waals surface area contributed by atoms with Crippen LogP contribution < -0.4 is 0 Å². The van der Waals surface area contributed by atoms with Crippen molar-refractivity contribution in [3.05, 3.63) is 0 Å². The van der Waals surface area contributed by atoms with Crippen LogP contribution in [-0.2, 0) is 0 Å². The Bertz CT molecular complexity index is 101. The molecule has 1 aliphatic rings. The van der Waals surface area contributed by atoms with Gasteiger partial charge in [-0.05, 0) is 24.1 Å². The Morgan fingerprint density at radius 1 is 1.50 bits per heavy atom. The second-order valence-electron chi connectivity index (χ2n) is 3.47. The van der Waals surface area contributed by atoms with E-state index in [4.69, 9.17) is 0 Å². The van der Waals surface area contributed by atoms with E-state index in [1.807, 2.05) is 0 Å². The Morgan fingerprint density at radius 2 is 2.00 bits per heavy atom. The Hall–Kier alpha value is 0.415. The molecule has 1 fully saturated rings. The minimum absolute atomic E-state index is 0.109. The molecule has 1 saturated heterocycles. The minimum atomic E-state index is -0.109. The van der Waals surface area contributed by atoms with E-state index in [2.05, 4.69) is 26.3 Å². The van der Waals surface area contributed by atoms with Crippen molar-refractivity contribution in [2.75, 3.05) is 18.3 Å². The molecule has 8 heavy (non-hydrogen) atoms. The molecule has 0 saturated carbocycles. The van der Waals surface area contributed by atoms with Crippen LogP contribution in [0.25, 0.3) is 0 Å². The third kappa shape index (κ3) is 0.792. The largest absolute Gasteiger partial charge is 0.276 e. The van der Waals surface area contributed by atoms with Gasteiger partial charge in [-0.25, -0.2) is 0 Å². The molecular formula is C6H15BS. The summed E-state index contributed by atoms with van der Waals surface area (Å²) in [6.45, 7) is 4.76. The topological polar surface area (TPSA) is 0 Å². The standard InChI is InChI=1S/C6H15BS/c1-6-5-8(3,4)7(6)2/h6H,5H2,1-4H3. The molecule has 0 spiro atoms. The SMILES string of the molecule is CB1C(C)CS1(C)C.